The molecule has 3 nitrogen and oxygen atoms in total. The molecule has 0 aromatic carbocycles. The van der Waals surface area contributed by atoms with Gasteiger partial charge in [-0.1, -0.05) is 6.07 Å². The Labute approximate surface area is 61.3 Å². The topological polar surface area (TPSA) is 38.9 Å². The van der Waals surface area contributed by atoms with Crippen LogP contribution in [0, 0.1) is 0 Å². The highest BCUT2D eigenvalue weighted by Gasteiger charge is 2.00. The van der Waals surface area contributed by atoms with Crippen LogP contribution in [0.3, 0.4) is 0 Å². The lowest BCUT2D eigenvalue weighted by atomic mass is 10.4. The highest BCUT2D eigenvalue weighted by atomic mass is 32.1. The summed E-state index contributed by atoms with van der Waals surface area (Å²) in [6, 6.07) is 3.94. The smallest absolute Gasteiger partial charge is 0.153 e. The molecule has 2 aromatic rings. The minimum Gasteiger partial charge on any atom is -0.345 e. The van der Waals surface area contributed by atoms with Crippen molar-refractivity contribution in [3.63, 3.8) is 0 Å². The lowest BCUT2D eigenvalue weighted by Crippen LogP contribution is -1.69. The summed E-state index contributed by atoms with van der Waals surface area (Å²) < 4.78 is 4.58. The third-order valence-corrected chi connectivity index (χ3v) is 2.03. The number of hydrogen-bond donors (Lipinski definition) is 0. The SMILES string of the molecule is c1csc(-c2conn2)c1. The van der Waals surface area contributed by atoms with E-state index in [9.17, 15) is 0 Å². The van der Waals surface area contributed by atoms with Crippen molar-refractivity contribution in [1.82, 2.24) is 10.4 Å². The maximum atomic E-state index is 4.58. The standard InChI is InChI=1S/C6H4N2OS/c1-2-6(10-3-1)5-4-9-8-7-5/h1-4H. The molecule has 0 saturated carbocycles. The second-order valence-corrected chi connectivity index (χ2v) is 2.72. The van der Waals surface area contributed by atoms with E-state index in [1.54, 1.807) is 11.3 Å². The van der Waals surface area contributed by atoms with Crippen LogP contribution in [0.25, 0.3) is 10.6 Å². The Morgan fingerprint density at radius 1 is 1.50 bits per heavy atom. The van der Waals surface area contributed by atoms with E-state index in [1.807, 2.05) is 17.5 Å². The third-order valence-electron chi connectivity index (χ3n) is 1.13. The Morgan fingerprint density at radius 2 is 2.50 bits per heavy atom. The van der Waals surface area contributed by atoms with Crippen molar-refractivity contribution in [2.45, 2.75) is 0 Å². The number of thiophene rings is 1. The van der Waals surface area contributed by atoms with E-state index in [2.05, 4.69) is 14.9 Å². The van der Waals surface area contributed by atoms with Gasteiger partial charge in [0, 0.05) is 5.27 Å². The van der Waals surface area contributed by atoms with Gasteiger partial charge in [0.05, 0.1) is 4.88 Å². The molecule has 0 N–H and O–H groups in total. The number of aromatic nitrogens is 2. The van der Waals surface area contributed by atoms with Crippen LogP contribution in [0.4, 0.5) is 0 Å². The van der Waals surface area contributed by atoms with Gasteiger partial charge in [-0.15, -0.1) is 16.4 Å². The van der Waals surface area contributed by atoms with Crippen LogP contribution in [0.2, 0.25) is 0 Å². The van der Waals surface area contributed by atoms with Crippen molar-refractivity contribution in [1.29, 1.82) is 0 Å². The monoisotopic (exact) mass is 152 g/mol. The quantitative estimate of drug-likeness (QED) is 0.625. The number of nitrogens with zero attached hydrogens (tertiary/aromatic N) is 2. The second-order valence-electron chi connectivity index (χ2n) is 1.77. The molecular weight excluding hydrogens is 148 g/mol. The van der Waals surface area contributed by atoms with Crippen LogP contribution in [0.1, 0.15) is 0 Å². The molecule has 4 heteroatoms. The summed E-state index contributed by atoms with van der Waals surface area (Å²) in [6.45, 7) is 0. The van der Waals surface area contributed by atoms with E-state index in [0.717, 1.165) is 10.6 Å². The van der Waals surface area contributed by atoms with Crippen LogP contribution in [0.15, 0.2) is 28.3 Å². The summed E-state index contributed by atoms with van der Waals surface area (Å²) in [5, 5.41) is 9.10. The van der Waals surface area contributed by atoms with E-state index < -0.39 is 0 Å². The van der Waals surface area contributed by atoms with Crippen LogP contribution in [0.5, 0.6) is 0 Å². The van der Waals surface area contributed by atoms with Gasteiger partial charge in [-0.2, -0.15) is 0 Å². The summed E-state index contributed by atoms with van der Waals surface area (Å²) in [5.41, 5.74) is 0.801. The Hall–Kier alpha value is -1.16. The van der Waals surface area contributed by atoms with Crippen LogP contribution in [-0.4, -0.2) is 10.4 Å². The molecule has 50 valence electrons. The van der Waals surface area contributed by atoms with Gasteiger partial charge in [-0.05, 0) is 11.4 Å². The zero-order chi connectivity index (χ0) is 6.81. The zero-order valence-electron chi connectivity index (χ0n) is 5.02. The fraction of sp³-hybridized carbons (Fsp3) is 0. The van der Waals surface area contributed by atoms with Gasteiger partial charge in [0.15, 0.2) is 6.26 Å². The Kier molecular flexibility index (Phi) is 1.25. The van der Waals surface area contributed by atoms with Crippen molar-refractivity contribution >= 4 is 11.3 Å². The summed E-state index contributed by atoms with van der Waals surface area (Å²) in [4.78, 5) is 1.08. The van der Waals surface area contributed by atoms with Crippen LogP contribution < -0.4 is 0 Å². The van der Waals surface area contributed by atoms with E-state index in [-0.39, 0.29) is 0 Å². The molecule has 0 aliphatic carbocycles. The van der Waals surface area contributed by atoms with Crippen molar-refractivity contribution in [2.75, 3.05) is 0 Å². The van der Waals surface area contributed by atoms with Gasteiger partial charge in [-0.25, -0.2) is 0 Å². The van der Waals surface area contributed by atoms with Gasteiger partial charge in [0.1, 0.15) is 5.69 Å². The normalized spacial score (nSPS) is 10.0. The summed E-state index contributed by atoms with van der Waals surface area (Å²) in [6.07, 6.45) is 1.53. The fourth-order valence-corrected chi connectivity index (χ4v) is 1.37. The molecule has 0 aliphatic rings. The molecule has 0 spiro atoms. The number of rotatable bonds is 1. The maximum Gasteiger partial charge on any atom is 0.153 e. The Morgan fingerprint density at radius 3 is 3.10 bits per heavy atom. The van der Waals surface area contributed by atoms with E-state index in [1.165, 1.54) is 6.26 Å². The lowest BCUT2D eigenvalue weighted by molar-refractivity contribution is 0.393. The molecular formula is C6H4N2OS. The molecule has 0 amide bonds. The van der Waals surface area contributed by atoms with E-state index in [4.69, 9.17) is 0 Å². The Bertz CT molecular complexity index is 255. The van der Waals surface area contributed by atoms with Gasteiger partial charge >= 0.3 is 0 Å². The summed E-state index contributed by atoms with van der Waals surface area (Å²) >= 11 is 1.62. The highest BCUT2D eigenvalue weighted by molar-refractivity contribution is 7.13. The average Bonchev–Trinajstić information content (AvgIpc) is 2.59. The predicted octanol–water partition coefficient (Wildman–Crippen LogP) is 1.80. The molecule has 2 rings (SSSR count). The van der Waals surface area contributed by atoms with E-state index >= 15 is 0 Å². The first kappa shape index (κ1) is 5.61. The summed E-state index contributed by atoms with van der Waals surface area (Å²) in [5.74, 6) is 0. The van der Waals surface area contributed by atoms with E-state index in [0.29, 0.717) is 0 Å². The van der Waals surface area contributed by atoms with Crippen molar-refractivity contribution < 1.29 is 4.52 Å². The van der Waals surface area contributed by atoms with Gasteiger partial charge in [-0.3, -0.25) is 0 Å². The average molecular weight is 152 g/mol. The number of hydrogen-bond acceptors (Lipinski definition) is 4. The highest BCUT2D eigenvalue weighted by Crippen LogP contribution is 2.21. The molecule has 0 unspecified atom stereocenters. The fourth-order valence-electron chi connectivity index (χ4n) is 0.696. The molecule has 10 heavy (non-hydrogen) atoms. The largest absolute Gasteiger partial charge is 0.345 e. The lowest BCUT2D eigenvalue weighted by Gasteiger charge is -1.80. The summed E-state index contributed by atoms with van der Waals surface area (Å²) in [7, 11) is 0. The van der Waals surface area contributed by atoms with Crippen molar-refractivity contribution in [2.24, 2.45) is 0 Å². The maximum absolute atomic E-state index is 4.58. The van der Waals surface area contributed by atoms with Crippen molar-refractivity contribution in [3.05, 3.63) is 23.8 Å². The molecule has 0 aliphatic heterocycles. The molecule has 2 aromatic heterocycles. The molecule has 0 fully saturated rings. The van der Waals surface area contributed by atoms with Crippen LogP contribution in [-0.2, 0) is 0 Å². The molecule has 0 saturated heterocycles. The first-order valence-electron chi connectivity index (χ1n) is 2.78. The molecule has 0 atom stereocenters. The zero-order valence-corrected chi connectivity index (χ0v) is 5.84. The predicted molar refractivity (Wildman–Crippen MR) is 37.6 cm³/mol. The van der Waals surface area contributed by atoms with Crippen LogP contribution >= 0.6 is 11.3 Å². The second kappa shape index (κ2) is 2.22. The Balaban J connectivity index is 2.48. The van der Waals surface area contributed by atoms with Gasteiger partial charge in [0.2, 0.25) is 0 Å². The first-order chi connectivity index (χ1) is 4.97. The third kappa shape index (κ3) is 0.823. The van der Waals surface area contributed by atoms with Gasteiger partial charge < -0.3 is 4.52 Å². The van der Waals surface area contributed by atoms with Gasteiger partial charge in [0.25, 0.3) is 0 Å². The minimum atomic E-state index is 0.801. The molecule has 0 radical (unpaired) electrons. The minimum absolute atomic E-state index is 0.801. The molecule has 2 heterocycles. The van der Waals surface area contributed by atoms with Crippen molar-refractivity contribution in [3.8, 4) is 10.6 Å². The molecule has 0 bridgehead atoms. The first-order valence-corrected chi connectivity index (χ1v) is 3.66.